The van der Waals surface area contributed by atoms with Gasteiger partial charge in [0.15, 0.2) is 5.65 Å². The summed E-state index contributed by atoms with van der Waals surface area (Å²) in [4.78, 5) is 13.6. The highest BCUT2D eigenvalue weighted by atomic mass is 15.4. The van der Waals surface area contributed by atoms with E-state index in [1.807, 2.05) is 29.2 Å². The molecule has 0 amide bonds. The summed E-state index contributed by atoms with van der Waals surface area (Å²) in [5.74, 6) is 1.02. The first-order chi connectivity index (χ1) is 12.9. The number of fused-ring (bicyclic) bond motifs is 2. The van der Waals surface area contributed by atoms with Crippen LogP contribution in [0.3, 0.4) is 0 Å². The lowest BCUT2D eigenvalue weighted by molar-refractivity contribution is 0.248. The molecule has 0 saturated carbocycles. The maximum atomic E-state index is 4.65. The molecule has 0 unspecified atom stereocenters. The SMILES string of the molecule is c1ccc2c(c1)ncn2CCN1CCN(c2ccc3nccn3n2)CC1. The van der Waals surface area contributed by atoms with Crippen LogP contribution in [0.15, 0.2) is 55.1 Å². The fourth-order valence-corrected chi connectivity index (χ4v) is 3.61. The Hall–Kier alpha value is -2.93. The standard InChI is InChI=1S/C19H21N7/c1-2-4-17-16(3-1)21-15-25(17)14-11-23-9-12-24(13-10-23)19-6-5-18-20-7-8-26(18)22-19/h1-8,15H,9-14H2. The molecule has 0 N–H and O–H groups in total. The molecule has 3 aromatic heterocycles. The van der Waals surface area contributed by atoms with Gasteiger partial charge in [-0.1, -0.05) is 12.1 Å². The summed E-state index contributed by atoms with van der Waals surface area (Å²) in [5.41, 5.74) is 3.17. The van der Waals surface area contributed by atoms with E-state index in [0.29, 0.717) is 0 Å². The van der Waals surface area contributed by atoms with E-state index in [1.165, 1.54) is 5.52 Å². The van der Waals surface area contributed by atoms with E-state index in [0.717, 1.165) is 56.3 Å². The number of aromatic nitrogens is 5. The minimum Gasteiger partial charge on any atom is -0.353 e. The first-order valence-electron chi connectivity index (χ1n) is 9.04. The Balaban J connectivity index is 1.20. The molecule has 0 aliphatic carbocycles. The molecular weight excluding hydrogens is 326 g/mol. The molecule has 5 rings (SSSR count). The molecule has 4 aromatic rings. The molecule has 0 radical (unpaired) electrons. The van der Waals surface area contributed by atoms with Crippen molar-refractivity contribution in [3.63, 3.8) is 0 Å². The highest BCUT2D eigenvalue weighted by Gasteiger charge is 2.18. The molecule has 0 spiro atoms. The average Bonchev–Trinajstić information content (AvgIpc) is 3.33. The fraction of sp³-hybridized carbons (Fsp3) is 0.316. The van der Waals surface area contributed by atoms with Crippen LogP contribution in [0.1, 0.15) is 0 Å². The Morgan fingerprint density at radius 3 is 2.69 bits per heavy atom. The fourth-order valence-electron chi connectivity index (χ4n) is 3.61. The van der Waals surface area contributed by atoms with Crippen LogP contribution < -0.4 is 4.90 Å². The van der Waals surface area contributed by atoms with Gasteiger partial charge in [-0.3, -0.25) is 4.90 Å². The van der Waals surface area contributed by atoms with E-state index in [9.17, 15) is 0 Å². The van der Waals surface area contributed by atoms with Crippen LogP contribution in [0.4, 0.5) is 5.82 Å². The molecule has 1 fully saturated rings. The van der Waals surface area contributed by atoms with Crippen molar-refractivity contribution in [1.82, 2.24) is 29.0 Å². The maximum absolute atomic E-state index is 4.65. The number of rotatable bonds is 4. The first-order valence-corrected chi connectivity index (χ1v) is 9.04. The van der Waals surface area contributed by atoms with Crippen molar-refractivity contribution in [3.8, 4) is 0 Å². The Kier molecular flexibility index (Phi) is 3.79. The highest BCUT2D eigenvalue weighted by Crippen LogP contribution is 2.15. The number of benzene rings is 1. The van der Waals surface area contributed by atoms with Crippen LogP contribution in [0.5, 0.6) is 0 Å². The molecule has 1 saturated heterocycles. The van der Waals surface area contributed by atoms with Crippen molar-refractivity contribution < 1.29 is 0 Å². The summed E-state index contributed by atoms with van der Waals surface area (Å²) >= 11 is 0. The number of anilines is 1. The third-order valence-electron chi connectivity index (χ3n) is 5.12. The minimum atomic E-state index is 0.889. The topological polar surface area (TPSA) is 54.5 Å². The van der Waals surface area contributed by atoms with E-state index in [-0.39, 0.29) is 0 Å². The van der Waals surface area contributed by atoms with Crippen molar-refractivity contribution in [1.29, 1.82) is 0 Å². The molecule has 132 valence electrons. The summed E-state index contributed by atoms with van der Waals surface area (Å²) in [7, 11) is 0. The molecular formula is C19H21N7. The zero-order chi connectivity index (χ0) is 17.3. The van der Waals surface area contributed by atoms with Gasteiger partial charge in [0.1, 0.15) is 5.82 Å². The number of piperazine rings is 1. The molecule has 0 atom stereocenters. The summed E-state index contributed by atoms with van der Waals surface area (Å²) in [6.45, 7) is 6.12. The van der Waals surface area contributed by atoms with Gasteiger partial charge in [0.2, 0.25) is 0 Å². The smallest absolute Gasteiger partial charge is 0.153 e. The van der Waals surface area contributed by atoms with Crippen molar-refractivity contribution in [2.24, 2.45) is 0 Å². The third kappa shape index (κ3) is 2.80. The van der Waals surface area contributed by atoms with Gasteiger partial charge in [-0.2, -0.15) is 0 Å². The van der Waals surface area contributed by atoms with Crippen LogP contribution >= 0.6 is 0 Å². The summed E-state index contributed by atoms with van der Waals surface area (Å²) in [5, 5.41) is 4.65. The van der Waals surface area contributed by atoms with Gasteiger partial charge >= 0.3 is 0 Å². The summed E-state index contributed by atoms with van der Waals surface area (Å²) in [6, 6.07) is 12.4. The van der Waals surface area contributed by atoms with E-state index in [2.05, 4.69) is 53.7 Å². The van der Waals surface area contributed by atoms with Gasteiger partial charge in [0.05, 0.1) is 17.4 Å². The molecule has 1 aliphatic rings. The molecule has 0 bridgehead atoms. The van der Waals surface area contributed by atoms with Gasteiger partial charge < -0.3 is 9.47 Å². The zero-order valence-corrected chi connectivity index (χ0v) is 14.6. The van der Waals surface area contributed by atoms with Crippen LogP contribution in [-0.2, 0) is 6.54 Å². The Morgan fingerprint density at radius 2 is 1.77 bits per heavy atom. The summed E-state index contributed by atoms with van der Waals surface area (Å²) < 4.78 is 4.09. The second-order valence-corrected chi connectivity index (χ2v) is 6.68. The highest BCUT2D eigenvalue weighted by molar-refractivity contribution is 5.74. The second kappa shape index (κ2) is 6.42. The van der Waals surface area contributed by atoms with Crippen molar-refractivity contribution >= 4 is 22.5 Å². The van der Waals surface area contributed by atoms with Crippen molar-refractivity contribution in [3.05, 3.63) is 55.1 Å². The molecule has 1 aromatic carbocycles. The van der Waals surface area contributed by atoms with Gasteiger partial charge in [-0.15, -0.1) is 5.10 Å². The normalized spacial score (nSPS) is 15.9. The van der Waals surface area contributed by atoms with E-state index < -0.39 is 0 Å². The third-order valence-corrected chi connectivity index (χ3v) is 5.12. The molecule has 26 heavy (non-hydrogen) atoms. The van der Waals surface area contributed by atoms with Gasteiger partial charge in [-0.05, 0) is 24.3 Å². The molecule has 1 aliphatic heterocycles. The molecule has 7 heteroatoms. The lowest BCUT2D eigenvalue weighted by Crippen LogP contribution is -2.47. The quantitative estimate of drug-likeness (QED) is 0.564. The second-order valence-electron chi connectivity index (χ2n) is 6.68. The number of imidazole rings is 2. The average molecular weight is 347 g/mol. The predicted molar refractivity (Wildman–Crippen MR) is 101 cm³/mol. The number of hydrogen-bond donors (Lipinski definition) is 0. The van der Waals surface area contributed by atoms with Crippen molar-refractivity contribution in [2.75, 3.05) is 37.6 Å². The van der Waals surface area contributed by atoms with E-state index in [1.54, 1.807) is 6.20 Å². The monoisotopic (exact) mass is 347 g/mol. The Bertz CT molecular complexity index is 1030. The number of hydrogen-bond acceptors (Lipinski definition) is 5. The minimum absolute atomic E-state index is 0.889. The van der Waals surface area contributed by atoms with E-state index in [4.69, 9.17) is 0 Å². The van der Waals surface area contributed by atoms with Crippen LogP contribution in [0.25, 0.3) is 16.7 Å². The Morgan fingerprint density at radius 1 is 0.885 bits per heavy atom. The Labute approximate surface area is 151 Å². The first kappa shape index (κ1) is 15.3. The number of nitrogens with zero attached hydrogens (tertiary/aromatic N) is 7. The molecule has 4 heterocycles. The maximum Gasteiger partial charge on any atom is 0.153 e. The zero-order valence-electron chi connectivity index (χ0n) is 14.6. The van der Waals surface area contributed by atoms with Crippen LogP contribution in [-0.4, -0.2) is 61.8 Å². The largest absolute Gasteiger partial charge is 0.353 e. The van der Waals surface area contributed by atoms with Crippen molar-refractivity contribution in [2.45, 2.75) is 6.54 Å². The summed E-state index contributed by atoms with van der Waals surface area (Å²) in [6.07, 6.45) is 5.62. The lowest BCUT2D eigenvalue weighted by Gasteiger charge is -2.35. The van der Waals surface area contributed by atoms with Crippen LogP contribution in [0, 0.1) is 0 Å². The van der Waals surface area contributed by atoms with E-state index >= 15 is 0 Å². The number of para-hydroxylation sites is 2. The molecule has 7 nitrogen and oxygen atoms in total. The van der Waals surface area contributed by atoms with Gasteiger partial charge in [0, 0.05) is 51.7 Å². The van der Waals surface area contributed by atoms with Gasteiger partial charge in [0.25, 0.3) is 0 Å². The predicted octanol–water partition coefficient (Wildman–Crippen LogP) is 1.90. The lowest BCUT2D eigenvalue weighted by atomic mass is 10.3. The van der Waals surface area contributed by atoms with Crippen LogP contribution in [0.2, 0.25) is 0 Å². The van der Waals surface area contributed by atoms with Gasteiger partial charge in [-0.25, -0.2) is 14.5 Å².